The van der Waals surface area contributed by atoms with Crippen molar-refractivity contribution in [3.05, 3.63) is 0 Å². The van der Waals surface area contributed by atoms with Crippen molar-refractivity contribution < 1.29 is 0 Å². The molecule has 0 radical (unpaired) electrons. The van der Waals surface area contributed by atoms with Gasteiger partial charge in [0.15, 0.2) is 5.11 Å². The molecular formula is C14H28N2S. The van der Waals surface area contributed by atoms with Crippen LogP contribution in [0.1, 0.15) is 53.9 Å². The highest BCUT2D eigenvalue weighted by atomic mass is 32.1. The molecule has 0 bridgehead atoms. The average molecular weight is 256 g/mol. The van der Waals surface area contributed by atoms with Crippen LogP contribution < -0.4 is 10.6 Å². The fraction of sp³-hybridized carbons (Fsp3) is 0.929. The summed E-state index contributed by atoms with van der Waals surface area (Å²) >= 11 is 5.37. The molecule has 4 unspecified atom stereocenters. The van der Waals surface area contributed by atoms with Crippen molar-refractivity contribution in [1.82, 2.24) is 10.6 Å². The summed E-state index contributed by atoms with van der Waals surface area (Å²) in [5, 5.41) is 7.65. The third-order valence-corrected chi connectivity index (χ3v) is 4.08. The third-order valence-electron chi connectivity index (χ3n) is 3.84. The van der Waals surface area contributed by atoms with Crippen LogP contribution in [0.25, 0.3) is 0 Å². The van der Waals surface area contributed by atoms with Crippen LogP contribution in [0.5, 0.6) is 0 Å². The highest BCUT2D eigenvalue weighted by Gasteiger charge is 2.33. The molecular weight excluding hydrogens is 228 g/mol. The maximum atomic E-state index is 5.37. The predicted molar refractivity (Wildman–Crippen MR) is 79.1 cm³/mol. The first-order chi connectivity index (χ1) is 7.93. The Kier molecular flexibility index (Phi) is 5.71. The zero-order valence-electron chi connectivity index (χ0n) is 11.9. The van der Waals surface area contributed by atoms with E-state index in [1.807, 2.05) is 0 Å². The van der Waals surface area contributed by atoms with E-state index in [9.17, 15) is 0 Å². The van der Waals surface area contributed by atoms with Crippen molar-refractivity contribution in [3.8, 4) is 0 Å². The van der Waals surface area contributed by atoms with Gasteiger partial charge in [-0.15, -0.1) is 0 Å². The van der Waals surface area contributed by atoms with Crippen LogP contribution in [0.2, 0.25) is 0 Å². The molecule has 1 rings (SSSR count). The van der Waals surface area contributed by atoms with E-state index in [-0.39, 0.29) is 0 Å². The molecule has 3 heteroatoms. The molecule has 2 N–H and O–H groups in total. The molecule has 4 atom stereocenters. The topological polar surface area (TPSA) is 24.1 Å². The second-order valence-corrected chi connectivity index (χ2v) is 6.43. The molecule has 0 aliphatic heterocycles. The van der Waals surface area contributed by atoms with Crippen molar-refractivity contribution >= 4 is 17.3 Å². The maximum absolute atomic E-state index is 5.37. The largest absolute Gasteiger partial charge is 0.361 e. The Hall–Kier alpha value is -0.310. The Labute approximate surface area is 112 Å². The van der Waals surface area contributed by atoms with E-state index in [1.54, 1.807) is 0 Å². The van der Waals surface area contributed by atoms with Crippen molar-refractivity contribution in [2.45, 2.75) is 66.0 Å². The maximum Gasteiger partial charge on any atom is 0.166 e. The molecule has 0 spiro atoms. The molecule has 2 nitrogen and oxygen atoms in total. The second kappa shape index (κ2) is 6.58. The lowest BCUT2D eigenvalue weighted by Crippen LogP contribution is -2.52. The molecule has 0 heterocycles. The molecule has 17 heavy (non-hydrogen) atoms. The van der Waals surface area contributed by atoms with Crippen LogP contribution in [0.4, 0.5) is 0 Å². The number of nitrogens with one attached hydrogen (secondary N) is 2. The molecule has 1 fully saturated rings. The highest BCUT2D eigenvalue weighted by molar-refractivity contribution is 7.80. The first-order valence-corrected chi connectivity index (χ1v) is 7.41. The minimum Gasteiger partial charge on any atom is -0.361 e. The predicted octanol–water partition coefficient (Wildman–Crippen LogP) is 3.32. The average Bonchev–Trinajstić information content (AvgIpc) is 2.20. The lowest BCUT2D eigenvalue weighted by molar-refractivity contribution is 0.163. The van der Waals surface area contributed by atoms with Crippen LogP contribution in [0.15, 0.2) is 0 Å². The molecule has 100 valence electrons. The van der Waals surface area contributed by atoms with Gasteiger partial charge in [-0.3, -0.25) is 0 Å². The molecule has 0 aromatic carbocycles. The first-order valence-electron chi connectivity index (χ1n) is 7.01. The van der Waals surface area contributed by atoms with Crippen LogP contribution in [-0.4, -0.2) is 17.2 Å². The lowest BCUT2D eigenvalue weighted by atomic mass is 9.72. The summed E-state index contributed by atoms with van der Waals surface area (Å²) in [6.45, 7) is 11.3. The van der Waals surface area contributed by atoms with E-state index in [2.05, 4.69) is 45.3 Å². The van der Waals surface area contributed by atoms with Crippen molar-refractivity contribution in [2.24, 2.45) is 17.8 Å². The Morgan fingerprint density at radius 2 is 1.94 bits per heavy atom. The molecule has 0 saturated heterocycles. The summed E-state index contributed by atoms with van der Waals surface area (Å²) < 4.78 is 0. The van der Waals surface area contributed by atoms with Gasteiger partial charge in [-0.2, -0.15) is 0 Å². The van der Waals surface area contributed by atoms with Gasteiger partial charge in [0, 0.05) is 12.1 Å². The Bertz CT molecular complexity index is 253. The summed E-state index contributed by atoms with van der Waals surface area (Å²) in [6.07, 6.45) is 3.90. The fourth-order valence-electron chi connectivity index (χ4n) is 3.14. The zero-order valence-corrected chi connectivity index (χ0v) is 12.7. The van der Waals surface area contributed by atoms with Gasteiger partial charge >= 0.3 is 0 Å². The molecule has 1 aliphatic rings. The molecule has 1 aliphatic carbocycles. The number of hydrogen-bond acceptors (Lipinski definition) is 1. The van der Waals surface area contributed by atoms with Gasteiger partial charge in [-0.25, -0.2) is 0 Å². The minimum atomic E-state index is 0.410. The Morgan fingerprint density at radius 1 is 1.29 bits per heavy atom. The SMILES string of the molecule is CCC1CC(C)CC(C)C1NC(=S)NC(C)C. The summed E-state index contributed by atoms with van der Waals surface area (Å²) in [5.41, 5.74) is 0. The third kappa shape index (κ3) is 4.46. The lowest BCUT2D eigenvalue weighted by Gasteiger charge is -2.40. The number of thiocarbonyl (C=S) groups is 1. The van der Waals surface area contributed by atoms with Gasteiger partial charge in [-0.1, -0.05) is 27.2 Å². The van der Waals surface area contributed by atoms with E-state index in [0.29, 0.717) is 12.1 Å². The van der Waals surface area contributed by atoms with Gasteiger partial charge in [0.1, 0.15) is 0 Å². The fourth-order valence-corrected chi connectivity index (χ4v) is 3.51. The van der Waals surface area contributed by atoms with Crippen molar-refractivity contribution in [3.63, 3.8) is 0 Å². The summed E-state index contributed by atoms with van der Waals surface area (Å²) in [7, 11) is 0. The highest BCUT2D eigenvalue weighted by Crippen LogP contribution is 2.34. The van der Waals surface area contributed by atoms with Crippen molar-refractivity contribution in [1.29, 1.82) is 0 Å². The van der Waals surface area contributed by atoms with Crippen LogP contribution >= 0.6 is 12.2 Å². The first kappa shape index (κ1) is 14.7. The summed E-state index contributed by atoms with van der Waals surface area (Å²) in [6, 6.07) is 0.961. The van der Waals surface area contributed by atoms with E-state index >= 15 is 0 Å². The summed E-state index contributed by atoms with van der Waals surface area (Å²) in [5.74, 6) is 2.34. The van der Waals surface area contributed by atoms with E-state index in [0.717, 1.165) is 22.9 Å². The van der Waals surface area contributed by atoms with Gasteiger partial charge in [0.25, 0.3) is 0 Å². The monoisotopic (exact) mass is 256 g/mol. The Balaban J connectivity index is 2.57. The zero-order chi connectivity index (χ0) is 13.0. The quantitative estimate of drug-likeness (QED) is 0.758. The number of hydrogen-bond donors (Lipinski definition) is 2. The number of rotatable bonds is 3. The standard InChI is InChI=1S/C14H28N2S/c1-6-12-8-10(4)7-11(5)13(12)16-14(17)15-9(2)3/h9-13H,6-8H2,1-5H3,(H2,15,16,17). The Morgan fingerprint density at radius 3 is 2.47 bits per heavy atom. The molecule has 0 aromatic rings. The smallest absolute Gasteiger partial charge is 0.166 e. The van der Waals surface area contributed by atoms with Crippen molar-refractivity contribution in [2.75, 3.05) is 0 Å². The van der Waals surface area contributed by atoms with Gasteiger partial charge in [0.2, 0.25) is 0 Å². The van der Waals surface area contributed by atoms with Gasteiger partial charge < -0.3 is 10.6 Å². The van der Waals surface area contributed by atoms with Crippen LogP contribution in [0, 0.1) is 17.8 Å². The van der Waals surface area contributed by atoms with Crippen LogP contribution in [0.3, 0.4) is 0 Å². The minimum absolute atomic E-state index is 0.410. The summed E-state index contributed by atoms with van der Waals surface area (Å²) in [4.78, 5) is 0. The van der Waals surface area contributed by atoms with E-state index < -0.39 is 0 Å². The van der Waals surface area contributed by atoms with E-state index in [1.165, 1.54) is 19.3 Å². The molecule has 1 saturated carbocycles. The van der Waals surface area contributed by atoms with Gasteiger partial charge in [-0.05, 0) is 56.7 Å². The van der Waals surface area contributed by atoms with E-state index in [4.69, 9.17) is 12.2 Å². The second-order valence-electron chi connectivity index (χ2n) is 6.02. The van der Waals surface area contributed by atoms with Gasteiger partial charge in [0.05, 0.1) is 0 Å². The molecule has 0 amide bonds. The molecule has 0 aromatic heterocycles. The normalized spacial score (nSPS) is 33.5. The van der Waals surface area contributed by atoms with Crippen LogP contribution in [-0.2, 0) is 0 Å².